The van der Waals surface area contributed by atoms with Crippen LogP contribution < -0.4 is 10.5 Å². The van der Waals surface area contributed by atoms with E-state index in [2.05, 4.69) is 11.9 Å². The summed E-state index contributed by atoms with van der Waals surface area (Å²) in [5.74, 6) is 1.73. The number of nitrogens with one attached hydrogen (secondary N) is 1. The molecule has 5 heteroatoms. The Labute approximate surface area is 117 Å². The van der Waals surface area contributed by atoms with Crippen LogP contribution in [0.1, 0.15) is 37.1 Å². The molecule has 0 spiro atoms. The maximum absolute atomic E-state index is 9.72. The first-order valence-electron chi connectivity index (χ1n) is 6.89. The van der Waals surface area contributed by atoms with Crippen molar-refractivity contribution in [2.24, 2.45) is 0 Å². The fourth-order valence-electron chi connectivity index (χ4n) is 2.88. The summed E-state index contributed by atoms with van der Waals surface area (Å²) in [6.07, 6.45) is 3.31. The molecule has 20 heavy (non-hydrogen) atoms. The predicted octanol–water partition coefficient (Wildman–Crippen LogP) is 2.81. The molecule has 2 aromatic rings. The largest absolute Gasteiger partial charge is 0.504 e. The highest BCUT2D eigenvalue weighted by atomic mass is 16.5. The van der Waals surface area contributed by atoms with Gasteiger partial charge >= 0.3 is 0 Å². The number of anilines is 1. The number of rotatable bonds is 3. The molecular formula is C15H19N3O2. The molecule has 0 saturated heterocycles. The summed E-state index contributed by atoms with van der Waals surface area (Å²) in [7, 11) is 1.52. The number of H-pyrrole nitrogens is 1. The number of hydrogen-bond donors (Lipinski definition) is 3. The van der Waals surface area contributed by atoms with E-state index in [1.807, 2.05) is 0 Å². The number of phenols is 1. The predicted molar refractivity (Wildman–Crippen MR) is 78.0 cm³/mol. The average Bonchev–Trinajstić information content (AvgIpc) is 2.98. The van der Waals surface area contributed by atoms with E-state index in [0.29, 0.717) is 17.4 Å². The summed E-state index contributed by atoms with van der Waals surface area (Å²) in [6.45, 7) is 2.19. The number of nitrogen functional groups attached to an aromatic ring is 1. The topological polar surface area (TPSA) is 84.2 Å². The maximum Gasteiger partial charge on any atom is 0.161 e. The number of methoxy groups -OCH3 is 1. The van der Waals surface area contributed by atoms with Gasteiger partial charge in [0.2, 0.25) is 0 Å². The number of aromatic hydroxyl groups is 1. The SMILES string of the molecule is CCC1CCc2[nH]c(-c3cc(OC)c(O)cc3N)nc21. The molecule has 0 radical (unpaired) electrons. The first kappa shape index (κ1) is 12.8. The molecule has 1 aromatic heterocycles. The number of imidazole rings is 1. The lowest BCUT2D eigenvalue weighted by Gasteiger charge is -2.09. The van der Waals surface area contributed by atoms with Crippen molar-refractivity contribution in [3.05, 3.63) is 23.5 Å². The van der Waals surface area contributed by atoms with E-state index in [1.165, 1.54) is 25.3 Å². The summed E-state index contributed by atoms with van der Waals surface area (Å²) in [5, 5.41) is 9.72. The van der Waals surface area contributed by atoms with Crippen LogP contribution in [0.25, 0.3) is 11.4 Å². The zero-order valence-corrected chi connectivity index (χ0v) is 11.7. The molecule has 1 atom stereocenters. The van der Waals surface area contributed by atoms with Gasteiger partial charge in [0.15, 0.2) is 11.5 Å². The Morgan fingerprint density at radius 2 is 2.30 bits per heavy atom. The molecule has 1 aromatic carbocycles. The summed E-state index contributed by atoms with van der Waals surface area (Å²) in [6, 6.07) is 3.22. The summed E-state index contributed by atoms with van der Waals surface area (Å²) < 4.78 is 5.13. The fourth-order valence-corrected chi connectivity index (χ4v) is 2.88. The highest BCUT2D eigenvalue weighted by Crippen LogP contribution is 2.39. The molecule has 5 nitrogen and oxygen atoms in total. The van der Waals surface area contributed by atoms with Gasteiger partial charge in [-0.3, -0.25) is 0 Å². The van der Waals surface area contributed by atoms with Gasteiger partial charge in [-0.1, -0.05) is 6.92 Å². The van der Waals surface area contributed by atoms with Gasteiger partial charge in [-0.15, -0.1) is 0 Å². The third-order valence-electron chi connectivity index (χ3n) is 4.04. The number of nitrogens with zero attached hydrogens (tertiary/aromatic N) is 1. The van der Waals surface area contributed by atoms with Crippen molar-refractivity contribution in [2.45, 2.75) is 32.1 Å². The van der Waals surface area contributed by atoms with Crippen LogP contribution in [0.2, 0.25) is 0 Å². The minimum absolute atomic E-state index is 0.0410. The van der Waals surface area contributed by atoms with Crippen LogP contribution in [-0.4, -0.2) is 22.2 Å². The van der Waals surface area contributed by atoms with Crippen LogP contribution in [0.3, 0.4) is 0 Å². The molecule has 106 valence electrons. The van der Waals surface area contributed by atoms with E-state index in [9.17, 15) is 5.11 Å². The normalized spacial score (nSPS) is 17.2. The van der Waals surface area contributed by atoms with E-state index in [4.69, 9.17) is 15.5 Å². The highest BCUT2D eigenvalue weighted by Gasteiger charge is 2.26. The molecule has 1 heterocycles. The van der Waals surface area contributed by atoms with Crippen molar-refractivity contribution in [3.8, 4) is 22.9 Å². The number of fused-ring (bicyclic) bond motifs is 1. The van der Waals surface area contributed by atoms with E-state index >= 15 is 0 Å². The van der Waals surface area contributed by atoms with Gasteiger partial charge in [0.05, 0.1) is 12.8 Å². The third kappa shape index (κ3) is 1.90. The van der Waals surface area contributed by atoms with Crippen molar-refractivity contribution >= 4 is 5.69 Å². The number of ether oxygens (including phenoxy) is 1. The van der Waals surface area contributed by atoms with Crippen molar-refractivity contribution in [1.29, 1.82) is 0 Å². The van der Waals surface area contributed by atoms with E-state index in [1.54, 1.807) is 6.07 Å². The second-order valence-corrected chi connectivity index (χ2v) is 5.20. The van der Waals surface area contributed by atoms with E-state index in [0.717, 1.165) is 29.9 Å². The van der Waals surface area contributed by atoms with Crippen LogP contribution >= 0.6 is 0 Å². The zero-order valence-electron chi connectivity index (χ0n) is 11.7. The molecule has 0 fully saturated rings. The van der Waals surface area contributed by atoms with E-state index in [-0.39, 0.29) is 5.75 Å². The van der Waals surface area contributed by atoms with Gasteiger partial charge in [0.1, 0.15) is 5.82 Å². The van der Waals surface area contributed by atoms with Gasteiger partial charge in [-0.05, 0) is 25.3 Å². The molecule has 0 aliphatic heterocycles. The smallest absolute Gasteiger partial charge is 0.161 e. The Kier molecular flexibility index (Phi) is 3.04. The van der Waals surface area contributed by atoms with Gasteiger partial charge in [-0.25, -0.2) is 4.98 Å². The first-order chi connectivity index (χ1) is 9.63. The molecule has 0 saturated carbocycles. The molecule has 0 amide bonds. The van der Waals surface area contributed by atoms with Crippen LogP contribution in [0.4, 0.5) is 5.69 Å². The molecule has 0 bridgehead atoms. The Hall–Kier alpha value is -2.17. The Balaban J connectivity index is 2.06. The number of benzene rings is 1. The van der Waals surface area contributed by atoms with Gasteiger partial charge in [-0.2, -0.15) is 0 Å². The lowest BCUT2D eigenvalue weighted by molar-refractivity contribution is 0.374. The van der Waals surface area contributed by atoms with Gasteiger partial charge in [0.25, 0.3) is 0 Å². The maximum atomic E-state index is 9.72. The standard InChI is InChI=1S/C15H19N3O2/c1-3-8-4-5-11-14(8)18-15(17-11)9-6-13(20-2)12(19)7-10(9)16/h6-8,19H,3-5,16H2,1-2H3,(H,17,18). The van der Waals surface area contributed by atoms with Crippen LogP contribution in [0.5, 0.6) is 11.5 Å². The lowest BCUT2D eigenvalue weighted by atomic mass is 10.0. The van der Waals surface area contributed by atoms with Crippen LogP contribution in [-0.2, 0) is 6.42 Å². The second kappa shape index (κ2) is 4.74. The van der Waals surface area contributed by atoms with Crippen molar-refractivity contribution < 1.29 is 9.84 Å². The van der Waals surface area contributed by atoms with Gasteiger partial charge in [0, 0.05) is 28.9 Å². The number of phenolic OH excluding ortho intramolecular Hbond substituents is 1. The molecule has 1 aliphatic rings. The Morgan fingerprint density at radius 3 is 3.00 bits per heavy atom. The minimum atomic E-state index is 0.0410. The number of hydrogen-bond acceptors (Lipinski definition) is 4. The minimum Gasteiger partial charge on any atom is -0.504 e. The second-order valence-electron chi connectivity index (χ2n) is 5.20. The molecule has 3 rings (SSSR count). The Morgan fingerprint density at radius 1 is 1.50 bits per heavy atom. The van der Waals surface area contributed by atoms with Gasteiger partial charge < -0.3 is 20.6 Å². The third-order valence-corrected chi connectivity index (χ3v) is 4.04. The first-order valence-corrected chi connectivity index (χ1v) is 6.89. The van der Waals surface area contributed by atoms with Crippen LogP contribution in [0, 0.1) is 0 Å². The van der Waals surface area contributed by atoms with Crippen molar-refractivity contribution in [3.63, 3.8) is 0 Å². The summed E-state index contributed by atoms with van der Waals surface area (Å²) in [4.78, 5) is 8.06. The monoisotopic (exact) mass is 273 g/mol. The molecule has 1 unspecified atom stereocenters. The Bertz CT molecular complexity index is 649. The molecule has 4 N–H and O–H groups in total. The van der Waals surface area contributed by atoms with E-state index < -0.39 is 0 Å². The zero-order chi connectivity index (χ0) is 14.3. The summed E-state index contributed by atoms with van der Waals surface area (Å²) in [5.41, 5.74) is 9.61. The van der Waals surface area contributed by atoms with Crippen LogP contribution in [0.15, 0.2) is 12.1 Å². The number of aryl methyl sites for hydroxylation is 1. The fraction of sp³-hybridized carbons (Fsp3) is 0.400. The number of nitrogens with two attached hydrogens (primary N) is 1. The lowest BCUT2D eigenvalue weighted by Crippen LogP contribution is -1.96. The summed E-state index contributed by atoms with van der Waals surface area (Å²) >= 11 is 0. The molecular weight excluding hydrogens is 254 g/mol. The number of aromatic nitrogens is 2. The quantitative estimate of drug-likeness (QED) is 0.751. The number of aromatic amines is 1. The van der Waals surface area contributed by atoms with Crippen molar-refractivity contribution in [2.75, 3.05) is 12.8 Å². The van der Waals surface area contributed by atoms with Crippen molar-refractivity contribution in [1.82, 2.24) is 9.97 Å². The molecule has 1 aliphatic carbocycles. The highest BCUT2D eigenvalue weighted by molar-refractivity contribution is 5.76. The average molecular weight is 273 g/mol.